The van der Waals surface area contributed by atoms with Crippen molar-refractivity contribution in [1.29, 1.82) is 0 Å². The summed E-state index contributed by atoms with van der Waals surface area (Å²) in [5, 5.41) is 13.1. The van der Waals surface area contributed by atoms with Gasteiger partial charge in [-0.1, -0.05) is 103 Å². The third-order valence-electron chi connectivity index (χ3n) is 6.24. The van der Waals surface area contributed by atoms with Crippen LogP contribution in [0.5, 0.6) is 5.75 Å². The first kappa shape index (κ1) is 24.9. The second-order valence-electron chi connectivity index (χ2n) is 8.44. The Bertz CT molecular complexity index is 1170. The normalized spacial score (nSPS) is 13.2. The van der Waals surface area contributed by atoms with Gasteiger partial charge in [0, 0.05) is 17.2 Å². The highest BCUT2D eigenvalue weighted by Crippen LogP contribution is 2.54. The van der Waals surface area contributed by atoms with E-state index in [0.717, 1.165) is 16.2 Å². The van der Waals surface area contributed by atoms with Crippen molar-refractivity contribution in [1.82, 2.24) is 0 Å². The van der Waals surface area contributed by atoms with Crippen molar-refractivity contribution >= 4 is 17.8 Å². The molecule has 4 nitrogen and oxygen atoms in total. The summed E-state index contributed by atoms with van der Waals surface area (Å²) in [6.07, 6.45) is -0.520. The Hall–Kier alpha value is -3.17. The number of ether oxygens (including phenoxy) is 2. The number of hydrogen-bond donors (Lipinski definition) is 1. The zero-order valence-corrected chi connectivity index (χ0v) is 20.8. The van der Waals surface area contributed by atoms with Gasteiger partial charge in [0.25, 0.3) is 0 Å². The Labute approximate surface area is 207 Å². The number of aliphatic hydroxyl groups excluding tert-OH is 1. The Morgan fingerprint density at radius 1 is 0.743 bits per heavy atom. The fourth-order valence-corrected chi connectivity index (χ4v) is 7.69. The zero-order chi connectivity index (χ0) is 24.5. The maximum absolute atomic E-state index is 15.1. The molecule has 0 fully saturated rings. The van der Waals surface area contributed by atoms with Gasteiger partial charge >= 0.3 is 0 Å². The molecule has 0 aliphatic rings. The largest absolute Gasteiger partial charge is 0.497 e. The number of rotatable bonds is 11. The van der Waals surface area contributed by atoms with E-state index in [9.17, 15) is 5.11 Å². The van der Waals surface area contributed by atoms with Crippen LogP contribution in [0.15, 0.2) is 115 Å². The third-order valence-corrected chi connectivity index (χ3v) is 9.84. The van der Waals surface area contributed by atoms with Crippen molar-refractivity contribution in [3.63, 3.8) is 0 Å². The molecule has 4 aromatic rings. The molecule has 0 aliphatic heterocycles. The van der Waals surface area contributed by atoms with E-state index in [1.165, 1.54) is 0 Å². The molecule has 0 unspecified atom stereocenters. The Morgan fingerprint density at radius 3 is 1.77 bits per heavy atom. The van der Waals surface area contributed by atoms with E-state index in [-0.39, 0.29) is 0 Å². The minimum absolute atomic E-state index is 0.371. The topological polar surface area (TPSA) is 55.8 Å². The molecule has 1 N–H and O–H groups in total. The van der Waals surface area contributed by atoms with Gasteiger partial charge in [-0.2, -0.15) is 0 Å². The van der Waals surface area contributed by atoms with E-state index < -0.39 is 18.9 Å². The zero-order valence-electron chi connectivity index (χ0n) is 19.9. The Morgan fingerprint density at radius 2 is 1.26 bits per heavy atom. The van der Waals surface area contributed by atoms with Crippen molar-refractivity contribution in [3.05, 3.63) is 126 Å². The number of hydrogen-bond acceptors (Lipinski definition) is 4. The van der Waals surface area contributed by atoms with Gasteiger partial charge in [0.1, 0.15) is 12.9 Å². The predicted octanol–water partition coefficient (Wildman–Crippen LogP) is 5.72. The first-order valence-electron chi connectivity index (χ1n) is 11.8. The van der Waals surface area contributed by atoms with Gasteiger partial charge in [-0.05, 0) is 29.7 Å². The van der Waals surface area contributed by atoms with Gasteiger partial charge in [0.05, 0.1) is 25.5 Å². The van der Waals surface area contributed by atoms with Crippen LogP contribution in [0, 0.1) is 0 Å². The molecule has 4 rings (SSSR count). The number of aliphatic hydroxyl groups is 1. The summed E-state index contributed by atoms with van der Waals surface area (Å²) < 4.78 is 26.3. The van der Waals surface area contributed by atoms with Crippen LogP contribution in [0.3, 0.4) is 0 Å². The molecule has 2 atom stereocenters. The molecule has 4 aromatic carbocycles. The maximum Gasteiger partial charge on any atom is 0.149 e. The smallest absolute Gasteiger partial charge is 0.149 e. The second kappa shape index (κ2) is 12.0. The van der Waals surface area contributed by atoms with Crippen LogP contribution >= 0.6 is 7.14 Å². The van der Waals surface area contributed by atoms with Gasteiger partial charge in [0.15, 0.2) is 0 Å². The molecule has 0 aromatic heterocycles. The minimum Gasteiger partial charge on any atom is -0.497 e. The van der Waals surface area contributed by atoms with Gasteiger partial charge < -0.3 is 19.1 Å². The summed E-state index contributed by atoms with van der Waals surface area (Å²) in [7, 11) is -1.64. The molecule has 35 heavy (non-hydrogen) atoms. The van der Waals surface area contributed by atoms with Crippen molar-refractivity contribution in [2.75, 3.05) is 13.7 Å². The summed E-state index contributed by atoms with van der Waals surface area (Å²) >= 11 is 0. The molecule has 0 aliphatic carbocycles. The summed E-state index contributed by atoms with van der Waals surface area (Å²) in [5.41, 5.74) is 1.21. The maximum atomic E-state index is 15.1. The lowest BCUT2D eigenvalue weighted by Gasteiger charge is -2.32. The molecule has 0 amide bonds. The molecule has 0 heterocycles. The Balaban J connectivity index is 1.69. The van der Waals surface area contributed by atoms with Crippen LogP contribution in [0.2, 0.25) is 0 Å². The minimum atomic E-state index is -3.25. The summed E-state index contributed by atoms with van der Waals surface area (Å²) in [6.45, 7) is 0.837. The van der Waals surface area contributed by atoms with Crippen molar-refractivity contribution in [2.45, 2.75) is 24.8 Å². The molecular weight excluding hydrogens is 455 g/mol. The lowest BCUT2D eigenvalue weighted by Crippen LogP contribution is -2.31. The number of methoxy groups -OCH3 is 1. The quantitative estimate of drug-likeness (QED) is 0.218. The summed E-state index contributed by atoms with van der Waals surface area (Å²) in [6, 6.07) is 36.3. The monoisotopic (exact) mass is 486 g/mol. The van der Waals surface area contributed by atoms with Crippen LogP contribution in [0.25, 0.3) is 0 Å². The SMILES string of the molecule is COc1ccc([C@H](O)[C@@H](CCOCc2ccccc2)P(=O)(c2ccccc2)c2ccccc2)cc1. The average molecular weight is 487 g/mol. The van der Waals surface area contributed by atoms with Crippen LogP contribution in [0.1, 0.15) is 23.7 Å². The van der Waals surface area contributed by atoms with Gasteiger partial charge in [-0.3, -0.25) is 0 Å². The van der Waals surface area contributed by atoms with Crippen LogP contribution in [0.4, 0.5) is 0 Å². The highest BCUT2D eigenvalue weighted by molar-refractivity contribution is 7.79. The second-order valence-corrected chi connectivity index (χ2v) is 11.5. The van der Waals surface area contributed by atoms with E-state index in [1.54, 1.807) is 7.11 Å². The molecule has 0 radical (unpaired) electrons. The molecule has 5 heteroatoms. The highest BCUT2D eigenvalue weighted by Gasteiger charge is 2.41. The average Bonchev–Trinajstić information content (AvgIpc) is 2.94. The van der Waals surface area contributed by atoms with Crippen LogP contribution < -0.4 is 15.3 Å². The summed E-state index contributed by atoms with van der Waals surface area (Å²) in [5.74, 6) is 0.706. The standard InChI is InChI=1S/C30H31O4P/c1-33-26-19-17-25(18-20-26)30(31)29(21-22-34-23-24-11-5-2-6-12-24)35(32,27-13-7-3-8-14-27)28-15-9-4-10-16-28/h2-20,29-31H,21-23H2,1H3/t29-,30+/m1/s1. The van der Waals surface area contributed by atoms with E-state index >= 15 is 4.57 Å². The van der Waals surface area contributed by atoms with Crippen molar-refractivity contribution in [3.8, 4) is 5.75 Å². The van der Waals surface area contributed by atoms with Crippen molar-refractivity contribution in [2.24, 2.45) is 0 Å². The van der Waals surface area contributed by atoms with Gasteiger partial charge in [-0.15, -0.1) is 0 Å². The Kier molecular flexibility index (Phi) is 8.54. The highest BCUT2D eigenvalue weighted by atomic mass is 31.2. The van der Waals surface area contributed by atoms with Crippen molar-refractivity contribution < 1.29 is 19.1 Å². The van der Waals surface area contributed by atoms with E-state index in [2.05, 4.69) is 0 Å². The summed E-state index contributed by atoms with van der Waals surface area (Å²) in [4.78, 5) is 0. The number of benzene rings is 4. The lowest BCUT2D eigenvalue weighted by atomic mass is 10.0. The van der Waals surface area contributed by atoms with Gasteiger partial charge in [0.2, 0.25) is 0 Å². The van der Waals surface area contributed by atoms with E-state index in [1.807, 2.05) is 115 Å². The molecule has 0 spiro atoms. The molecule has 0 saturated carbocycles. The molecule has 0 saturated heterocycles. The first-order valence-corrected chi connectivity index (χ1v) is 13.5. The fourth-order valence-electron chi connectivity index (χ4n) is 4.36. The van der Waals surface area contributed by atoms with Crippen LogP contribution in [-0.2, 0) is 15.9 Å². The van der Waals surface area contributed by atoms with Gasteiger partial charge in [-0.25, -0.2) is 0 Å². The third kappa shape index (κ3) is 5.91. The lowest BCUT2D eigenvalue weighted by molar-refractivity contribution is 0.0989. The van der Waals surface area contributed by atoms with E-state index in [4.69, 9.17) is 9.47 Å². The molecular formula is C30H31O4P. The fraction of sp³-hybridized carbons (Fsp3) is 0.200. The van der Waals surface area contributed by atoms with Crippen LogP contribution in [-0.4, -0.2) is 24.5 Å². The predicted molar refractivity (Wildman–Crippen MR) is 142 cm³/mol. The molecule has 180 valence electrons. The first-order chi connectivity index (χ1) is 17.1. The molecule has 0 bridgehead atoms. The van der Waals surface area contributed by atoms with E-state index in [0.29, 0.717) is 30.9 Å².